The Bertz CT molecular complexity index is 762. The second-order valence-electron chi connectivity index (χ2n) is 8.58. The highest BCUT2D eigenvalue weighted by molar-refractivity contribution is 5.82. The molecule has 0 spiro atoms. The van der Waals surface area contributed by atoms with Crippen molar-refractivity contribution in [3.63, 3.8) is 0 Å². The third-order valence-electron chi connectivity index (χ3n) is 6.14. The minimum Gasteiger partial charge on any atom is -0.382 e. The van der Waals surface area contributed by atoms with Crippen molar-refractivity contribution in [2.45, 2.75) is 63.5 Å². The topological polar surface area (TPSA) is 78.6 Å². The smallest absolute Gasteiger partial charge is 0.268 e. The molecule has 2 unspecified atom stereocenters. The fraction of sp³-hybridized carbons (Fsp3) is 0.480. The maximum absolute atomic E-state index is 12.8. The summed E-state index contributed by atoms with van der Waals surface area (Å²) in [7, 11) is 0. The predicted octanol–water partition coefficient (Wildman–Crippen LogP) is 3.99. The molecule has 1 saturated carbocycles. The van der Waals surface area contributed by atoms with Gasteiger partial charge in [-0.15, -0.1) is 0 Å². The molecular weight excluding hydrogens is 374 g/mol. The van der Waals surface area contributed by atoms with Gasteiger partial charge in [0.2, 0.25) is 0 Å². The Morgan fingerprint density at radius 1 is 1.07 bits per heavy atom. The zero-order valence-electron chi connectivity index (χ0n) is 17.9. The third kappa shape index (κ3) is 6.31. The van der Waals surface area contributed by atoms with Crippen LogP contribution in [0.25, 0.3) is 0 Å². The number of anilines is 1. The molecule has 0 bridgehead atoms. The van der Waals surface area contributed by atoms with E-state index in [4.69, 9.17) is 5.73 Å². The maximum Gasteiger partial charge on any atom is 0.268 e. The van der Waals surface area contributed by atoms with Gasteiger partial charge in [0.25, 0.3) is 5.91 Å². The minimum atomic E-state index is -1.22. The van der Waals surface area contributed by atoms with E-state index in [2.05, 4.69) is 24.5 Å². The van der Waals surface area contributed by atoms with Gasteiger partial charge in [0.1, 0.15) is 6.10 Å². The van der Waals surface area contributed by atoms with Crippen LogP contribution in [0.2, 0.25) is 0 Å². The standard InChI is InChI=1S/C25H35N3O2/c1-19(21-13-7-3-8-14-21)18-28(22-15-9-4-10-16-22)27-25(30)24(29)23(26)17-20-11-5-2-6-12-20/h3-4,7-10,13-16,19-20,23-24,29H,2,5-6,11-12,17-18,26H2,1H3,(H,27,30)/t19?,23-,24?/m1/s1. The van der Waals surface area contributed by atoms with Gasteiger partial charge in [-0.3, -0.25) is 15.2 Å². The lowest BCUT2D eigenvalue weighted by Crippen LogP contribution is -2.53. The van der Waals surface area contributed by atoms with Crippen molar-refractivity contribution in [2.24, 2.45) is 11.7 Å². The summed E-state index contributed by atoms with van der Waals surface area (Å²) in [6, 6.07) is 19.4. The number of hydrogen-bond acceptors (Lipinski definition) is 4. The van der Waals surface area contributed by atoms with Gasteiger partial charge in [-0.25, -0.2) is 0 Å². The number of hydrogen-bond donors (Lipinski definition) is 3. The van der Waals surface area contributed by atoms with Crippen molar-refractivity contribution in [1.29, 1.82) is 0 Å². The Labute approximate surface area is 180 Å². The molecule has 1 aliphatic carbocycles. The number of carbonyl (C=O) groups excluding carboxylic acids is 1. The monoisotopic (exact) mass is 409 g/mol. The lowest BCUT2D eigenvalue weighted by Gasteiger charge is -2.31. The molecule has 3 atom stereocenters. The number of nitrogens with zero attached hydrogens (tertiary/aromatic N) is 1. The van der Waals surface area contributed by atoms with Gasteiger partial charge < -0.3 is 10.8 Å². The van der Waals surface area contributed by atoms with E-state index >= 15 is 0 Å². The van der Waals surface area contributed by atoms with Crippen molar-refractivity contribution >= 4 is 11.6 Å². The first-order valence-corrected chi connectivity index (χ1v) is 11.2. The summed E-state index contributed by atoms with van der Waals surface area (Å²) < 4.78 is 0. The quantitative estimate of drug-likeness (QED) is 0.547. The summed E-state index contributed by atoms with van der Waals surface area (Å²) >= 11 is 0. The van der Waals surface area contributed by atoms with Gasteiger partial charge in [-0.1, -0.05) is 87.6 Å². The summed E-state index contributed by atoms with van der Waals surface area (Å²) in [5, 5.41) is 12.4. The Kier molecular flexibility index (Phi) is 8.29. The van der Waals surface area contributed by atoms with Gasteiger partial charge >= 0.3 is 0 Å². The molecule has 0 radical (unpaired) electrons. The molecule has 2 aromatic carbocycles. The van der Waals surface area contributed by atoms with Crippen molar-refractivity contribution < 1.29 is 9.90 Å². The molecule has 5 nitrogen and oxygen atoms in total. The van der Waals surface area contributed by atoms with Crippen LogP contribution in [-0.2, 0) is 4.79 Å². The molecule has 3 rings (SSSR count). The van der Waals surface area contributed by atoms with Gasteiger partial charge in [-0.05, 0) is 30.0 Å². The molecule has 0 saturated heterocycles. The first-order valence-electron chi connectivity index (χ1n) is 11.2. The number of rotatable bonds is 9. The van der Waals surface area contributed by atoms with Crippen molar-refractivity contribution in [1.82, 2.24) is 5.43 Å². The van der Waals surface area contributed by atoms with Gasteiger partial charge in [-0.2, -0.15) is 0 Å². The molecule has 0 aliphatic heterocycles. The number of aliphatic hydroxyl groups is 1. The summed E-state index contributed by atoms with van der Waals surface area (Å²) in [6.07, 6.45) is 5.49. The van der Waals surface area contributed by atoms with E-state index in [1.807, 2.05) is 53.5 Å². The molecule has 1 amide bonds. The fourth-order valence-corrected chi connectivity index (χ4v) is 4.31. The minimum absolute atomic E-state index is 0.194. The van der Waals surface area contributed by atoms with Crippen LogP contribution >= 0.6 is 0 Å². The Morgan fingerprint density at radius 3 is 2.30 bits per heavy atom. The van der Waals surface area contributed by atoms with E-state index in [-0.39, 0.29) is 5.92 Å². The molecule has 0 aromatic heterocycles. The van der Waals surface area contributed by atoms with Crippen LogP contribution in [0.4, 0.5) is 5.69 Å². The van der Waals surface area contributed by atoms with Gasteiger partial charge in [0, 0.05) is 18.5 Å². The zero-order valence-corrected chi connectivity index (χ0v) is 17.9. The van der Waals surface area contributed by atoms with E-state index in [0.29, 0.717) is 18.9 Å². The highest BCUT2D eigenvalue weighted by Gasteiger charge is 2.28. The summed E-state index contributed by atoms with van der Waals surface area (Å²) in [4.78, 5) is 12.8. The SMILES string of the molecule is CC(CN(NC(=O)C(O)[C@H](N)CC1CCCCC1)c1ccccc1)c1ccccc1. The number of aliphatic hydroxyl groups excluding tert-OH is 1. The number of para-hydroxylation sites is 1. The van der Waals surface area contributed by atoms with E-state index in [1.54, 1.807) is 0 Å². The largest absolute Gasteiger partial charge is 0.382 e. The molecule has 1 fully saturated rings. The van der Waals surface area contributed by atoms with Crippen molar-refractivity contribution in [3.05, 3.63) is 66.2 Å². The van der Waals surface area contributed by atoms with E-state index in [9.17, 15) is 9.90 Å². The number of nitrogens with one attached hydrogen (secondary N) is 1. The summed E-state index contributed by atoms with van der Waals surface area (Å²) in [6.45, 7) is 2.72. The molecule has 1 aliphatic rings. The van der Waals surface area contributed by atoms with Crippen LogP contribution in [0.1, 0.15) is 56.9 Å². The zero-order chi connectivity index (χ0) is 21.3. The first kappa shape index (κ1) is 22.3. The Hall–Kier alpha value is -2.37. The summed E-state index contributed by atoms with van der Waals surface area (Å²) in [5.41, 5.74) is 11.2. The van der Waals surface area contributed by atoms with Crippen LogP contribution in [-0.4, -0.2) is 29.7 Å². The number of carbonyl (C=O) groups is 1. The highest BCUT2D eigenvalue weighted by Crippen LogP contribution is 2.27. The average molecular weight is 410 g/mol. The van der Waals surface area contributed by atoms with Crippen LogP contribution in [0.3, 0.4) is 0 Å². The van der Waals surface area contributed by atoms with Gasteiger partial charge in [0.05, 0.1) is 5.69 Å². The van der Waals surface area contributed by atoms with E-state index in [0.717, 1.165) is 18.5 Å². The Balaban J connectivity index is 1.65. The fourth-order valence-electron chi connectivity index (χ4n) is 4.31. The van der Waals surface area contributed by atoms with Crippen LogP contribution in [0.15, 0.2) is 60.7 Å². The molecule has 4 N–H and O–H groups in total. The molecule has 30 heavy (non-hydrogen) atoms. The molecule has 2 aromatic rings. The second kappa shape index (κ2) is 11.1. The normalized spacial score (nSPS) is 17.7. The lowest BCUT2D eigenvalue weighted by molar-refractivity contribution is -0.130. The first-order chi connectivity index (χ1) is 14.5. The maximum atomic E-state index is 12.8. The third-order valence-corrected chi connectivity index (χ3v) is 6.14. The van der Waals surface area contributed by atoms with Crippen molar-refractivity contribution in [2.75, 3.05) is 11.6 Å². The summed E-state index contributed by atoms with van der Waals surface area (Å²) in [5.74, 6) is 0.265. The van der Waals surface area contributed by atoms with Crippen molar-refractivity contribution in [3.8, 4) is 0 Å². The molecule has 5 heteroatoms. The molecule has 0 heterocycles. The molecular formula is C25H35N3O2. The number of benzene rings is 2. The Morgan fingerprint density at radius 2 is 1.67 bits per heavy atom. The highest BCUT2D eigenvalue weighted by atomic mass is 16.3. The van der Waals surface area contributed by atoms with E-state index < -0.39 is 18.1 Å². The number of nitrogens with two attached hydrogens (primary N) is 1. The van der Waals surface area contributed by atoms with E-state index in [1.165, 1.54) is 24.8 Å². The predicted molar refractivity (Wildman–Crippen MR) is 122 cm³/mol. The lowest BCUT2D eigenvalue weighted by atomic mass is 9.84. The molecule has 162 valence electrons. The average Bonchev–Trinajstić information content (AvgIpc) is 2.79. The second-order valence-corrected chi connectivity index (χ2v) is 8.58. The van der Waals surface area contributed by atoms with Crippen LogP contribution < -0.4 is 16.2 Å². The van der Waals surface area contributed by atoms with Crippen LogP contribution in [0, 0.1) is 5.92 Å². The van der Waals surface area contributed by atoms with Crippen LogP contribution in [0.5, 0.6) is 0 Å². The number of amides is 1. The van der Waals surface area contributed by atoms with Gasteiger partial charge in [0.15, 0.2) is 0 Å². The number of hydrazine groups is 1.